The number of esters is 1. The molecule has 7 heteroatoms. The molecule has 0 fully saturated rings. The van der Waals surface area contributed by atoms with Crippen LogP contribution in [0.1, 0.15) is 23.1 Å². The Kier molecular flexibility index (Phi) is 3.92. The van der Waals surface area contributed by atoms with Gasteiger partial charge in [0.25, 0.3) is 0 Å². The molecule has 0 aliphatic rings. The Balaban J connectivity index is 2.15. The Morgan fingerprint density at radius 2 is 2.09 bits per heavy atom. The quantitative estimate of drug-likeness (QED) is 0.688. The molecule has 0 N–H and O–H groups in total. The molecule has 3 aromatic rings. The minimum absolute atomic E-state index is 0.194. The van der Waals surface area contributed by atoms with Crippen molar-refractivity contribution in [2.24, 2.45) is 0 Å². The third-order valence-electron chi connectivity index (χ3n) is 3.36. The van der Waals surface area contributed by atoms with Crippen LogP contribution in [0.25, 0.3) is 17.0 Å². The molecule has 0 amide bonds. The zero-order valence-corrected chi connectivity index (χ0v) is 13.1. The molecule has 23 heavy (non-hydrogen) atoms. The number of methoxy groups -OCH3 is 1. The number of ether oxygens (including phenoxy) is 2. The summed E-state index contributed by atoms with van der Waals surface area (Å²) < 4.78 is 11.9. The maximum absolute atomic E-state index is 12.0. The Bertz CT molecular complexity index is 873. The van der Waals surface area contributed by atoms with E-state index in [0.29, 0.717) is 22.9 Å². The number of nitrogens with zero attached hydrogens (tertiary/aromatic N) is 4. The first-order chi connectivity index (χ1) is 11.1. The van der Waals surface area contributed by atoms with Gasteiger partial charge in [-0.1, -0.05) is 6.07 Å². The van der Waals surface area contributed by atoms with E-state index >= 15 is 0 Å². The van der Waals surface area contributed by atoms with Crippen LogP contribution in [0.4, 0.5) is 0 Å². The zero-order chi connectivity index (χ0) is 16.4. The highest BCUT2D eigenvalue weighted by atomic mass is 16.5. The van der Waals surface area contributed by atoms with E-state index in [-0.39, 0.29) is 12.3 Å². The second kappa shape index (κ2) is 6.04. The summed E-state index contributed by atoms with van der Waals surface area (Å²) in [5.74, 6) is 0.0126. The molecule has 0 aromatic carbocycles. The van der Waals surface area contributed by atoms with Gasteiger partial charge in [-0.15, -0.1) is 0 Å². The van der Waals surface area contributed by atoms with Crippen LogP contribution in [-0.2, 0) is 4.74 Å². The molecule has 118 valence electrons. The van der Waals surface area contributed by atoms with Gasteiger partial charge in [0.1, 0.15) is 6.33 Å². The molecule has 0 aliphatic heterocycles. The summed E-state index contributed by atoms with van der Waals surface area (Å²) in [5, 5.41) is 0. The summed E-state index contributed by atoms with van der Waals surface area (Å²) in [6, 6.07) is 7.31. The fourth-order valence-electron chi connectivity index (χ4n) is 2.27. The van der Waals surface area contributed by atoms with Crippen LogP contribution in [-0.4, -0.2) is 39.0 Å². The van der Waals surface area contributed by atoms with E-state index in [1.807, 2.05) is 25.1 Å². The molecule has 3 aromatic heterocycles. The molecule has 0 spiro atoms. The SMILES string of the molecule is CCOC(=O)c1ncn2c(C)cc(-c3cccc(OC)n3)nc12. The first kappa shape index (κ1) is 15.0. The molecule has 0 unspecified atom stereocenters. The van der Waals surface area contributed by atoms with Gasteiger partial charge in [-0.3, -0.25) is 4.40 Å². The maximum atomic E-state index is 12.0. The van der Waals surface area contributed by atoms with Gasteiger partial charge < -0.3 is 9.47 Å². The Labute approximate surface area is 132 Å². The Morgan fingerprint density at radius 3 is 2.83 bits per heavy atom. The maximum Gasteiger partial charge on any atom is 0.360 e. The lowest BCUT2D eigenvalue weighted by Gasteiger charge is -2.07. The molecule has 0 bridgehead atoms. The van der Waals surface area contributed by atoms with Gasteiger partial charge >= 0.3 is 5.97 Å². The number of rotatable bonds is 4. The van der Waals surface area contributed by atoms with Crippen molar-refractivity contribution in [3.8, 4) is 17.3 Å². The van der Waals surface area contributed by atoms with Crippen molar-refractivity contribution in [1.82, 2.24) is 19.4 Å². The lowest BCUT2D eigenvalue weighted by molar-refractivity contribution is 0.0522. The highest BCUT2D eigenvalue weighted by Crippen LogP contribution is 2.21. The van der Waals surface area contributed by atoms with Gasteiger partial charge in [0.05, 0.1) is 25.1 Å². The normalized spacial score (nSPS) is 10.7. The largest absolute Gasteiger partial charge is 0.481 e. The molecule has 0 radical (unpaired) electrons. The van der Waals surface area contributed by atoms with Crippen LogP contribution >= 0.6 is 0 Å². The van der Waals surface area contributed by atoms with Crippen molar-refractivity contribution in [1.29, 1.82) is 0 Å². The number of hydrogen-bond donors (Lipinski definition) is 0. The first-order valence-corrected chi connectivity index (χ1v) is 7.17. The number of pyridine rings is 1. The van der Waals surface area contributed by atoms with Crippen LogP contribution in [0.5, 0.6) is 5.88 Å². The molecule has 0 saturated carbocycles. The van der Waals surface area contributed by atoms with Crippen molar-refractivity contribution in [3.63, 3.8) is 0 Å². The van der Waals surface area contributed by atoms with Crippen LogP contribution in [0.3, 0.4) is 0 Å². The number of hydrogen-bond acceptors (Lipinski definition) is 6. The second-order valence-electron chi connectivity index (χ2n) is 4.86. The third kappa shape index (κ3) is 2.73. The molecule has 3 rings (SSSR count). The lowest BCUT2D eigenvalue weighted by atomic mass is 10.2. The summed E-state index contributed by atoms with van der Waals surface area (Å²) in [6.45, 7) is 3.95. The summed E-state index contributed by atoms with van der Waals surface area (Å²) in [5.41, 5.74) is 2.83. The average molecular weight is 312 g/mol. The van der Waals surface area contributed by atoms with Gasteiger partial charge in [0, 0.05) is 11.8 Å². The topological polar surface area (TPSA) is 78.6 Å². The summed E-state index contributed by atoms with van der Waals surface area (Å²) >= 11 is 0. The number of imidazole rings is 1. The fraction of sp³-hybridized carbons (Fsp3) is 0.250. The molecular formula is C16H16N4O3. The van der Waals surface area contributed by atoms with Crippen LogP contribution in [0, 0.1) is 6.92 Å². The van der Waals surface area contributed by atoms with Crippen LogP contribution in [0.15, 0.2) is 30.6 Å². The number of carbonyl (C=O) groups excluding carboxylic acids is 1. The third-order valence-corrected chi connectivity index (χ3v) is 3.36. The fourth-order valence-corrected chi connectivity index (χ4v) is 2.27. The molecule has 7 nitrogen and oxygen atoms in total. The summed E-state index contributed by atoms with van der Waals surface area (Å²) in [4.78, 5) is 25.0. The smallest absolute Gasteiger partial charge is 0.360 e. The highest BCUT2D eigenvalue weighted by Gasteiger charge is 2.18. The molecule has 0 atom stereocenters. The van der Waals surface area contributed by atoms with E-state index in [1.54, 1.807) is 30.8 Å². The molecule has 0 aliphatic carbocycles. The van der Waals surface area contributed by atoms with Crippen molar-refractivity contribution in [3.05, 3.63) is 42.0 Å². The number of carbonyl (C=O) groups is 1. The predicted molar refractivity (Wildman–Crippen MR) is 83.5 cm³/mol. The van der Waals surface area contributed by atoms with Gasteiger partial charge in [-0.25, -0.2) is 19.7 Å². The number of aryl methyl sites for hydroxylation is 1. The van der Waals surface area contributed by atoms with Crippen molar-refractivity contribution in [2.75, 3.05) is 13.7 Å². The van der Waals surface area contributed by atoms with Crippen LogP contribution < -0.4 is 4.74 Å². The number of fused-ring (bicyclic) bond motifs is 1. The van der Waals surface area contributed by atoms with E-state index in [4.69, 9.17) is 9.47 Å². The van der Waals surface area contributed by atoms with E-state index in [2.05, 4.69) is 15.0 Å². The van der Waals surface area contributed by atoms with E-state index in [0.717, 1.165) is 5.69 Å². The standard InChI is InChI=1S/C16H16N4O3/c1-4-23-16(21)14-15-19-12(8-10(2)20(15)9-17-14)11-6-5-7-13(18-11)22-3/h5-9H,4H2,1-3H3. The average Bonchev–Trinajstić information content (AvgIpc) is 2.99. The molecule has 0 saturated heterocycles. The van der Waals surface area contributed by atoms with Gasteiger partial charge in [-0.05, 0) is 26.0 Å². The van der Waals surface area contributed by atoms with Gasteiger partial charge in [-0.2, -0.15) is 0 Å². The van der Waals surface area contributed by atoms with Gasteiger partial charge in [0.15, 0.2) is 11.3 Å². The molecule has 3 heterocycles. The van der Waals surface area contributed by atoms with E-state index in [1.165, 1.54) is 0 Å². The van der Waals surface area contributed by atoms with Crippen molar-refractivity contribution >= 4 is 11.6 Å². The van der Waals surface area contributed by atoms with Gasteiger partial charge in [0.2, 0.25) is 5.88 Å². The van der Waals surface area contributed by atoms with E-state index < -0.39 is 5.97 Å². The van der Waals surface area contributed by atoms with E-state index in [9.17, 15) is 4.79 Å². The van der Waals surface area contributed by atoms with Crippen molar-refractivity contribution in [2.45, 2.75) is 13.8 Å². The highest BCUT2D eigenvalue weighted by molar-refractivity contribution is 5.94. The second-order valence-corrected chi connectivity index (χ2v) is 4.86. The number of aromatic nitrogens is 4. The summed E-state index contributed by atoms with van der Waals surface area (Å²) in [7, 11) is 1.56. The first-order valence-electron chi connectivity index (χ1n) is 7.17. The van der Waals surface area contributed by atoms with Crippen molar-refractivity contribution < 1.29 is 14.3 Å². The minimum Gasteiger partial charge on any atom is -0.481 e. The Morgan fingerprint density at radius 1 is 1.26 bits per heavy atom. The van der Waals surface area contributed by atoms with Crippen LogP contribution in [0.2, 0.25) is 0 Å². The minimum atomic E-state index is -0.488. The summed E-state index contributed by atoms with van der Waals surface area (Å²) in [6.07, 6.45) is 1.56. The lowest BCUT2D eigenvalue weighted by Crippen LogP contribution is -2.07. The monoisotopic (exact) mass is 312 g/mol. The Hall–Kier alpha value is -2.96. The zero-order valence-electron chi connectivity index (χ0n) is 13.1. The predicted octanol–water partition coefficient (Wildman–Crippen LogP) is 2.29. The molecular weight excluding hydrogens is 296 g/mol.